The Labute approximate surface area is 117 Å². The maximum atomic E-state index is 6.00. The Morgan fingerprint density at radius 2 is 2.00 bits per heavy atom. The normalized spacial score (nSPS) is 12.7. The van der Waals surface area contributed by atoms with Crippen LogP contribution in [0.15, 0.2) is 23.1 Å². The molecule has 1 aromatic rings. The predicted molar refractivity (Wildman–Crippen MR) is 83.4 cm³/mol. The van der Waals surface area contributed by atoms with E-state index in [1.807, 2.05) is 11.8 Å². The molecule has 1 nitrogen and oxygen atoms in total. The molecular formula is C16H27NS. The summed E-state index contributed by atoms with van der Waals surface area (Å²) in [6, 6.07) is 7.11. The van der Waals surface area contributed by atoms with Crippen LogP contribution in [0, 0.1) is 6.92 Å². The maximum Gasteiger partial charge on any atom is 0.0101 e. The molecule has 2 heteroatoms. The number of hydrogen-bond donors (Lipinski definition) is 1. The lowest BCUT2D eigenvalue weighted by Crippen LogP contribution is -2.21. The third-order valence-electron chi connectivity index (χ3n) is 3.27. The molecule has 0 aliphatic heterocycles. The van der Waals surface area contributed by atoms with Crippen LogP contribution in [0.1, 0.15) is 50.7 Å². The van der Waals surface area contributed by atoms with Crippen molar-refractivity contribution < 1.29 is 0 Å². The summed E-state index contributed by atoms with van der Waals surface area (Å²) in [6.07, 6.45) is 6.01. The Bertz CT molecular complexity index is 349. The number of benzene rings is 1. The zero-order chi connectivity index (χ0) is 13.4. The topological polar surface area (TPSA) is 26.0 Å². The lowest BCUT2D eigenvalue weighted by Gasteiger charge is -2.11. The van der Waals surface area contributed by atoms with Crippen molar-refractivity contribution >= 4 is 11.8 Å². The van der Waals surface area contributed by atoms with Crippen LogP contribution in [0.25, 0.3) is 0 Å². The summed E-state index contributed by atoms with van der Waals surface area (Å²) in [7, 11) is 0. The van der Waals surface area contributed by atoms with Crippen LogP contribution >= 0.6 is 11.8 Å². The molecule has 2 N–H and O–H groups in total. The van der Waals surface area contributed by atoms with E-state index < -0.39 is 0 Å². The zero-order valence-electron chi connectivity index (χ0n) is 12.0. The molecule has 0 spiro atoms. The van der Waals surface area contributed by atoms with Crippen molar-refractivity contribution in [3.63, 3.8) is 0 Å². The molecule has 102 valence electrons. The Kier molecular flexibility index (Phi) is 7.45. The van der Waals surface area contributed by atoms with Gasteiger partial charge in [0.05, 0.1) is 0 Å². The second-order valence-electron chi connectivity index (χ2n) is 5.03. The molecule has 0 heterocycles. The van der Waals surface area contributed by atoms with Crippen molar-refractivity contribution in [2.45, 2.75) is 63.8 Å². The summed E-state index contributed by atoms with van der Waals surface area (Å²) in [6.45, 7) is 6.61. The zero-order valence-corrected chi connectivity index (χ0v) is 12.9. The van der Waals surface area contributed by atoms with Crippen LogP contribution in [-0.4, -0.2) is 11.8 Å². The first-order valence-corrected chi connectivity index (χ1v) is 8.13. The first-order chi connectivity index (χ1) is 8.67. The minimum Gasteiger partial charge on any atom is -0.327 e. The van der Waals surface area contributed by atoms with Gasteiger partial charge in [0.15, 0.2) is 0 Å². The fraction of sp³-hybridized carbons (Fsp3) is 0.625. The van der Waals surface area contributed by atoms with Gasteiger partial charge < -0.3 is 5.73 Å². The number of thioether (sulfide) groups is 1. The van der Waals surface area contributed by atoms with E-state index in [1.54, 1.807) is 0 Å². The van der Waals surface area contributed by atoms with E-state index in [2.05, 4.69) is 39.0 Å². The number of rotatable bonds is 8. The number of aryl methyl sites for hydroxylation is 1. The van der Waals surface area contributed by atoms with Crippen molar-refractivity contribution in [3.05, 3.63) is 29.3 Å². The predicted octanol–water partition coefficient (Wildman–Crippen LogP) is 4.56. The Morgan fingerprint density at radius 3 is 2.61 bits per heavy atom. The highest BCUT2D eigenvalue weighted by Crippen LogP contribution is 2.25. The molecule has 1 atom stereocenters. The van der Waals surface area contributed by atoms with Crippen LogP contribution in [0.3, 0.4) is 0 Å². The van der Waals surface area contributed by atoms with Crippen LogP contribution < -0.4 is 5.73 Å². The molecule has 0 amide bonds. The van der Waals surface area contributed by atoms with E-state index in [0.717, 1.165) is 12.8 Å². The van der Waals surface area contributed by atoms with E-state index >= 15 is 0 Å². The van der Waals surface area contributed by atoms with Crippen LogP contribution in [0.5, 0.6) is 0 Å². The van der Waals surface area contributed by atoms with Crippen LogP contribution in [-0.2, 0) is 6.42 Å². The van der Waals surface area contributed by atoms with Crippen molar-refractivity contribution in [2.75, 3.05) is 5.75 Å². The highest BCUT2D eigenvalue weighted by molar-refractivity contribution is 7.99. The van der Waals surface area contributed by atoms with Gasteiger partial charge in [-0.2, -0.15) is 0 Å². The average Bonchev–Trinajstić information content (AvgIpc) is 2.36. The summed E-state index contributed by atoms with van der Waals surface area (Å²) in [5, 5.41) is 0. The van der Waals surface area contributed by atoms with E-state index in [-0.39, 0.29) is 0 Å². The average molecular weight is 265 g/mol. The molecule has 18 heavy (non-hydrogen) atoms. The van der Waals surface area contributed by atoms with Gasteiger partial charge in [-0.1, -0.05) is 38.8 Å². The highest BCUT2D eigenvalue weighted by atomic mass is 32.2. The summed E-state index contributed by atoms with van der Waals surface area (Å²) in [5.74, 6) is 1.24. The van der Waals surface area contributed by atoms with Gasteiger partial charge in [0, 0.05) is 10.9 Å². The first-order valence-electron chi connectivity index (χ1n) is 7.15. The van der Waals surface area contributed by atoms with Crippen molar-refractivity contribution in [3.8, 4) is 0 Å². The smallest absolute Gasteiger partial charge is 0.0101 e. The molecule has 1 unspecified atom stereocenters. The number of hydrogen-bond acceptors (Lipinski definition) is 2. The van der Waals surface area contributed by atoms with Gasteiger partial charge in [-0.25, -0.2) is 0 Å². The SMILES string of the molecule is CCCCCSc1ccc(CC(N)CC)cc1C. The van der Waals surface area contributed by atoms with Crippen molar-refractivity contribution in [1.82, 2.24) is 0 Å². The van der Waals surface area contributed by atoms with Gasteiger partial charge in [-0.3, -0.25) is 0 Å². The minimum absolute atomic E-state index is 0.299. The molecule has 1 aromatic carbocycles. The molecule has 0 aromatic heterocycles. The Hall–Kier alpha value is -0.470. The van der Waals surface area contributed by atoms with Gasteiger partial charge >= 0.3 is 0 Å². The fourth-order valence-corrected chi connectivity index (χ4v) is 3.00. The molecule has 0 saturated heterocycles. The first kappa shape index (κ1) is 15.6. The number of unbranched alkanes of at least 4 members (excludes halogenated alkanes) is 2. The quantitative estimate of drug-likeness (QED) is 0.551. The second kappa shape index (κ2) is 8.60. The summed E-state index contributed by atoms with van der Waals surface area (Å²) < 4.78 is 0. The molecule has 0 aliphatic carbocycles. The van der Waals surface area contributed by atoms with Crippen LogP contribution in [0.2, 0.25) is 0 Å². The second-order valence-corrected chi connectivity index (χ2v) is 6.16. The van der Waals surface area contributed by atoms with Gasteiger partial charge in [0.2, 0.25) is 0 Å². The maximum absolute atomic E-state index is 6.00. The van der Waals surface area contributed by atoms with E-state index in [0.29, 0.717) is 6.04 Å². The van der Waals surface area contributed by atoms with E-state index in [4.69, 9.17) is 5.73 Å². The molecular weight excluding hydrogens is 238 g/mol. The largest absolute Gasteiger partial charge is 0.327 e. The molecule has 0 fully saturated rings. The highest BCUT2D eigenvalue weighted by Gasteiger charge is 2.04. The van der Waals surface area contributed by atoms with Crippen molar-refractivity contribution in [1.29, 1.82) is 0 Å². The lowest BCUT2D eigenvalue weighted by molar-refractivity contribution is 0.646. The molecule has 0 aliphatic rings. The molecule has 0 radical (unpaired) electrons. The third-order valence-corrected chi connectivity index (χ3v) is 4.53. The van der Waals surface area contributed by atoms with E-state index in [9.17, 15) is 0 Å². The van der Waals surface area contributed by atoms with Crippen molar-refractivity contribution in [2.24, 2.45) is 5.73 Å². The lowest BCUT2D eigenvalue weighted by atomic mass is 10.0. The van der Waals surface area contributed by atoms with Crippen LogP contribution in [0.4, 0.5) is 0 Å². The molecule has 0 bridgehead atoms. The van der Waals surface area contributed by atoms with Gasteiger partial charge in [-0.05, 0) is 49.1 Å². The molecule has 1 rings (SSSR count). The Balaban J connectivity index is 2.51. The third kappa shape index (κ3) is 5.45. The number of nitrogens with two attached hydrogens (primary N) is 1. The summed E-state index contributed by atoms with van der Waals surface area (Å²) in [4.78, 5) is 1.43. The monoisotopic (exact) mass is 265 g/mol. The fourth-order valence-electron chi connectivity index (χ4n) is 1.98. The van der Waals surface area contributed by atoms with Gasteiger partial charge in [0.25, 0.3) is 0 Å². The minimum atomic E-state index is 0.299. The molecule has 0 saturated carbocycles. The van der Waals surface area contributed by atoms with Gasteiger partial charge in [0.1, 0.15) is 0 Å². The van der Waals surface area contributed by atoms with E-state index in [1.165, 1.54) is 41.0 Å². The van der Waals surface area contributed by atoms with Gasteiger partial charge in [-0.15, -0.1) is 11.8 Å². The summed E-state index contributed by atoms with van der Waals surface area (Å²) in [5.41, 5.74) is 8.78. The standard InChI is InChI=1S/C16H27NS/c1-4-6-7-10-18-16-9-8-14(11-13(16)3)12-15(17)5-2/h8-9,11,15H,4-7,10,12,17H2,1-3H3. The summed E-state index contributed by atoms with van der Waals surface area (Å²) >= 11 is 1.99. The Morgan fingerprint density at radius 1 is 1.22 bits per heavy atom.